The maximum absolute atomic E-state index is 5.63. The molecule has 1 aliphatic carbocycles. The summed E-state index contributed by atoms with van der Waals surface area (Å²) in [4.78, 5) is 0. The van der Waals surface area contributed by atoms with Crippen LogP contribution in [0.25, 0.3) is 11.1 Å². The Kier molecular flexibility index (Phi) is 4.37. The van der Waals surface area contributed by atoms with Gasteiger partial charge in [-0.05, 0) is 36.0 Å². The fraction of sp³-hybridized carbons (Fsp3) is 0.368. The minimum absolute atomic E-state index is 0.101. The Morgan fingerprint density at radius 3 is 2.19 bits per heavy atom. The van der Waals surface area contributed by atoms with E-state index in [0.717, 1.165) is 13.1 Å². The average Bonchev–Trinajstić information content (AvgIpc) is 2.51. The van der Waals surface area contributed by atoms with E-state index in [1.807, 2.05) is 13.2 Å². The van der Waals surface area contributed by atoms with E-state index < -0.39 is 0 Å². The molecule has 0 radical (unpaired) electrons. The molecule has 2 aromatic rings. The summed E-state index contributed by atoms with van der Waals surface area (Å²) in [5.41, 5.74) is 3.96. The Bertz CT molecular complexity index is 552. The van der Waals surface area contributed by atoms with Crippen LogP contribution in [0, 0.1) is 0 Å². The van der Waals surface area contributed by atoms with Gasteiger partial charge in [-0.25, -0.2) is 0 Å². The Morgan fingerprint density at radius 1 is 0.952 bits per heavy atom. The number of hydrogen-bond donors (Lipinski definition) is 1. The molecule has 1 N–H and O–H groups in total. The molecular weight excluding hydrogens is 258 g/mol. The first-order valence-electron chi connectivity index (χ1n) is 7.72. The van der Waals surface area contributed by atoms with E-state index in [1.54, 1.807) is 0 Å². The van der Waals surface area contributed by atoms with Crippen molar-refractivity contribution in [2.75, 3.05) is 13.7 Å². The van der Waals surface area contributed by atoms with E-state index >= 15 is 0 Å². The summed E-state index contributed by atoms with van der Waals surface area (Å²) in [5.74, 6) is 0. The average molecular weight is 281 g/mol. The molecule has 0 heterocycles. The zero-order valence-corrected chi connectivity index (χ0v) is 12.6. The fourth-order valence-electron chi connectivity index (χ4n) is 2.90. The first-order valence-corrected chi connectivity index (χ1v) is 7.72. The van der Waals surface area contributed by atoms with Crippen LogP contribution in [0.5, 0.6) is 0 Å². The van der Waals surface area contributed by atoms with Crippen molar-refractivity contribution in [3.8, 4) is 11.1 Å². The SMILES string of the molecule is COC1(CNCc2ccc(-c3ccccc3)cc2)CCC1. The molecule has 0 saturated heterocycles. The van der Waals surface area contributed by atoms with Gasteiger partial charge < -0.3 is 10.1 Å². The molecule has 1 fully saturated rings. The monoisotopic (exact) mass is 281 g/mol. The van der Waals surface area contributed by atoms with Gasteiger partial charge in [0.05, 0.1) is 5.60 Å². The van der Waals surface area contributed by atoms with Crippen LogP contribution in [0.4, 0.5) is 0 Å². The quantitative estimate of drug-likeness (QED) is 0.863. The minimum Gasteiger partial charge on any atom is -0.377 e. The highest BCUT2D eigenvalue weighted by Crippen LogP contribution is 2.34. The number of rotatable bonds is 6. The van der Waals surface area contributed by atoms with Crippen molar-refractivity contribution < 1.29 is 4.74 Å². The van der Waals surface area contributed by atoms with Crippen molar-refractivity contribution in [3.63, 3.8) is 0 Å². The standard InChI is InChI=1S/C19H23NO/c1-21-19(12-5-13-19)15-20-14-16-8-10-18(11-9-16)17-6-3-2-4-7-17/h2-4,6-11,20H,5,12-15H2,1H3. The third-order valence-electron chi connectivity index (χ3n) is 4.54. The Labute approximate surface area is 127 Å². The van der Waals surface area contributed by atoms with E-state index in [1.165, 1.54) is 36.0 Å². The second kappa shape index (κ2) is 6.42. The first-order chi connectivity index (χ1) is 10.3. The van der Waals surface area contributed by atoms with E-state index in [2.05, 4.69) is 53.8 Å². The smallest absolute Gasteiger partial charge is 0.0802 e. The molecule has 1 saturated carbocycles. The zero-order valence-electron chi connectivity index (χ0n) is 12.6. The molecule has 0 atom stereocenters. The Balaban J connectivity index is 1.55. The molecule has 0 aliphatic heterocycles. The third-order valence-corrected chi connectivity index (χ3v) is 4.54. The van der Waals surface area contributed by atoms with Crippen LogP contribution in [0.2, 0.25) is 0 Å². The lowest BCUT2D eigenvalue weighted by atomic mass is 9.80. The van der Waals surface area contributed by atoms with Gasteiger partial charge in [0.25, 0.3) is 0 Å². The molecule has 3 rings (SSSR count). The van der Waals surface area contributed by atoms with Crippen LogP contribution in [0.3, 0.4) is 0 Å². The summed E-state index contributed by atoms with van der Waals surface area (Å²) in [5, 5.41) is 3.53. The summed E-state index contributed by atoms with van der Waals surface area (Å²) < 4.78 is 5.63. The molecule has 1 aliphatic rings. The molecule has 0 unspecified atom stereocenters. The molecule has 21 heavy (non-hydrogen) atoms. The van der Waals surface area contributed by atoms with E-state index in [4.69, 9.17) is 4.74 Å². The minimum atomic E-state index is 0.101. The molecule has 0 spiro atoms. The first kappa shape index (κ1) is 14.3. The number of nitrogens with one attached hydrogen (secondary N) is 1. The van der Waals surface area contributed by atoms with Crippen LogP contribution in [0.15, 0.2) is 54.6 Å². The maximum atomic E-state index is 5.63. The molecular formula is C19H23NO. The van der Waals surface area contributed by atoms with Gasteiger partial charge in [0, 0.05) is 20.2 Å². The topological polar surface area (TPSA) is 21.3 Å². The van der Waals surface area contributed by atoms with Gasteiger partial charge >= 0.3 is 0 Å². The van der Waals surface area contributed by atoms with Gasteiger partial charge in [-0.15, -0.1) is 0 Å². The molecule has 0 amide bonds. The number of methoxy groups -OCH3 is 1. The number of hydrogen-bond acceptors (Lipinski definition) is 2. The van der Waals surface area contributed by atoms with Crippen molar-refractivity contribution in [2.24, 2.45) is 0 Å². The van der Waals surface area contributed by atoms with Crippen molar-refractivity contribution in [1.82, 2.24) is 5.32 Å². The van der Waals surface area contributed by atoms with Crippen molar-refractivity contribution in [2.45, 2.75) is 31.4 Å². The lowest BCUT2D eigenvalue weighted by Crippen LogP contribution is -2.47. The second-order valence-electron chi connectivity index (χ2n) is 5.91. The highest BCUT2D eigenvalue weighted by atomic mass is 16.5. The third kappa shape index (κ3) is 3.34. The zero-order chi connectivity index (χ0) is 14.5. The second-order valence-corrected chi connectivity index (χ2v) is 5.91. The van der Waals surface area contributed by atoms with Crippen LogP contribution in [-0.4, -0.2) is 19.3 Å². The Morgan fingerprint density at radius 2 is 1.62 bits per heavy atom. The van der Waals surface area contributed by atoms with Crippen LogP contribution < -0.4 is 5.32 Å². The largest absolute Gasteiger partial charge is 0.377 e. The van der Waals surface area contributed by atoms with Crippen LogP contribution >= 0.6 is 0 Å². The summed E-state index contributed by atoms with van der Waals surface area (Å²) in [6.07, 6.45) is 3.66. The molecule has 0 bridgehead atoms. The lowest BCUT2D eigenvalue weighted by Gasteiger charge is -2.40. The molecule has 110 valence electrons. The highest BCUT2D eigenvalue weighted by molar-refractivity contribution is 5.63. The predicted octanol–water partition coefficient (Wildman–Crippen LogP) is 4.01. The van der Waals surface area contributed by atoms with Crippen molar-refractivity contribution in [1.29, 1.82) is 0 Å². The van der Waals surface area contributed by atoms with Gasteiger partial charge in [0.1, 0.15) is 0 Å². The van der Waals surface area contributed by atoms with Crippen LogP contribution in [0.1, 0.15) is 24.8 Å². The maximum Gasteiger partial charge on any atom is 0.0802 e. The number of ether oxygens (including phenoxy) is 1. The van der Waals surface area contributed by atoms with Gasteiger partial charge in [-0.2, -0.15) is 0 Å². The van der Waals surface area contributed by atoms with Crippen LogP contribution in [-0.2, 0) is 11.3 Å². The summed E-state index contributed by atoms with van der Waals surface area (Å²) >= 11 is 0. The van der Waals surface area contributed by atoms with E-state index in [9.17, 15) is 0 Å². The van der Waals surface area contributed by atoms with E-state index in [0.29, 0.717) is 0 Å². The molecule has 2 aromatic carbocycles. The molecule has 2 nitrogen and oxygen atoms in total. The lowest BCUT2D eigenvalue weighted by molar-refractivity contribution is -0.0695. The summed E-state index contributed by atoms with van der Waals surface area (Å²) in [6, 6.07) is 19.3. The van der Waals surface area contributed by atoms with E-state index in [-0.39, 0.29) is 5.60 Å². The van der Waals surface area contributed by atoms with Crippen molar-refractivity contribution >= 4 is 0 Å². The molecule has 0 aromatic heterocycles. The predicted molar refractivity (Wildman–Crippen MR) is 87.2 cm³/mol. The molecule has 2 heteroatoms. The normalized spacial score (nSPS) is 16.4. The summed E-state index contributed by atoms with van der Waals surface area (Å²) in [6.45, 7) is 1.85. The summed E-state index contributed by atoms with van der Waals surface area (Å²) in [7, 11) is 1.83. The van der Waals surface area contributed by atoms with Gasteiger partial charge in [-0.1, -0.05) is 54.6 Å². The van der Waals surface area contributed by atoms with Gasteiger partial charge in [0.15, 0.2) is 0 Å². The highest BCUT2D eigenvalue weighted by Gasteiger charge is 2.36. The Hall–Kier alpha value is -1.64. The number of benzene rings is 2. The van der Waals surface area contributed by atoms with Gasteiger partial charge in [-0.3, -0.25) is 0 Å². The fourth-order valence-corrected chi connectivity index (χ4v) is 2.90. The van der Waals surface area contributed by atoms with Gasteiger partial charge in [0.2, 0.25) is 0 Å². The van der Waals surface area contributed by atoms with Crippen molar-refractivity contribution in [3.05, 3.63) is 60.2 Å².